The second-order valence-corrected chi connectivity index (χ2v) is 5.29. The summed E-state index contributed by atoms with van der Waals surface area (Å²) in [4.78, 5) is 4.40. The van der Waals surface area contributed by atoms with E-state index in [2.05, 4.69) is 10.3 Å². The third-order valence-corrected chi connectivity index (χ3v) is 3.52. The van der Waals surface area contributed by atoms with Gasteiger partial charge in [0.05, 0.1) is 6.10 Å². The Morgan fingerprint density at radius 2 is 2.05 bits per heavy atom. The van der Waals surface area contributed by atoms with Crippen LogP contribution in [0.25, 0.3) is 10.8 Å². The minimum atomic E-state index is -0.259. The van der Waals surface area contributed by atoms with Crippen molar-refractivity contribution in [3.63, 3.8) is 0 Å². The number of aromatic nitrogens is 1. The van der Waals surface area contributed by atoms with Gasteiger partial charge >= 0.3 is 0 Å². The van der Waals surface area contributed by atoms with E-state index in [-0.39, 0.29) is 6.10 Å². The zero-order valence-electron chi connectivity index (χ0n) is 12.1. The van der Waals surface area contributed by atoms with E-state index in [0.717, 1.165) is 47.5 Å². The normalized spacial score (nSPS) is 15.0. The van der Waals surface area contributed by atoms with E-state index < -0.39 is 0 Å². The summed E-state index contributed by atoms with van der Waals surface area (Å²) in [6, 6.07) is 5.94. The lowest BCUT2D eigenvalue weighted by atomic mass is 10.1. The molecule has 0 amide bonds. The van der Waals surface area contributed by atoms with Gasteiger partial charge in [-0.05, 0) is 43.4 Å². The molecule has 0 saturated heterocycles. The van der Waals surface area contributed by atoms with Crippen molar-refractivity contribution in [2.45, 2.75) is 25.9 Å². The molecular weight excluding hydrogens is 268 g/mol. The van der Waals surface area contributed by atoms with Gasteiger partial charge < -0.3 is 19.9 Å². The number of hydrogen-bond acceptors (Lipinski definition) is 5. The maximum atomic E-state index is 9.28. The van der Waals surface area contributed by atoms with E-state index in [1.807, 2.05) is 18.2 Å². The molecule has 1 unspecified atom stereocenters. The third-order valence-electron chi connectivity index (χ3n) is 3.52. The quantitative estimate of drug-likeness (QED) is 0.828. The van der Waals surface area contributed by atoms with Crippen LogP contribution in [0.2, 0.25) is 0 Å². The molecule has 0 bridgehead atoms. The van der Waals surface area contributed by atoms with E-state index in [1.54, 1.807) is 13.1 Å². The van der Waals surface area contributed by atoms with Crippen molar-refractivity contribution in [2.24, 2.45) is 0 Å². The lowest BCUT2D eigenvalue weighted by Gasteiger charge is -2.19. The van der Waals surface area contributed by atoms with E-state index >= 15 is 0 Å². The molecule has 1 atom stereocenters. The lowest BCUT2D eigenvalue weighted by Crippen LogP contribution is -2.15. The topological polar surface area (TPSA) is 63.6 Å². The minimum Gasteiger partial charge on any atom is -0.486 e. The summed E-state index contributed by atoms with van der Waals surface area (Å²) < 4.78 is 11.2. The summed E-state index contributed by atoms with van der Waals surface area (Å²) >= 11 is 0. The molecule has 1 aliphatic heterocycles. The highest BCUT2D eigenvalue weighted by Crippen LogP contribution is 2.36. The highest BCUT2D eigenvalue weighted by molar-refractivity contribution is 5.94. The Morgan fingerprint density at radius 3 is 2.81 bits per heavy atom. The predicted octanol–water partition coefficient (Wildman–Crippen LogP) is 2.58. The highest BCUT2D eigenvalue weighted by Gasteiger charge is 2.14. The molecule has 1 aliphatic rings. The van der Waals surface area contributed by atoms with Crippen molar-refractivity contribution >= 4 is 16.6 Å². The second-order valence-electron chi connectivity index (χ2n) is 5.29. The molecule has 0 saturated carbocycles. The first-order valence-electron chi connectivity index (χ1n) is 7.34. The number of aliphatic hydroxyl groups excluding tert-OH is 1. The zero-order valence-corrected chi connectivity index (χ0v) is 12.1. The van der Waals surface area contributed by atoms with Crippen LogP contribution in [0.3, 0.4) is 0 Å². The van der Waals surface area contributed by atoms with Gasteiger partial charge in [-0.25, -0.2) is 4.98 Å². The molecule has 21 heavy (non-hydrogen) atoms. The fourth-order valence-corrected chi connectivity index (χ4v) is 2.45. The van der Waals surface area contributed by atoms with Gasteiger partial charge in [-0.15, -0.1) is 0 Å². The maximum Gasteiger partial charge on any atom is 0.162 e. The molecule has 3 rings (SSSR count). The molecule has 112 valence electrons. The first kappa shape index (κ1) is 13.9. The third kappa shape index (κ3) is 3.19. The van der Waals surface area contributed by atoms with Gasteiger partial charge in [0.1, 0.15) is 19.0 Å². The van der Waals surface area contributed by atoms with Crippen LogP contribution in [0.15, 0.2) is 24.4 Å². The van der Waals surface area contributed by atoms with E-state index in [0.29, 0.717) is 13.2 Å². The summed E-state index contributed by atoms with van der Waals surface area (Å²) in [6.07, 6.45) is 3.21. The summed E-state index contributed by atoms with van der Waals surface area (Å²) in [5.74, 6) is 2.41. The number of fused-ring (bicyclic) bond motifs is 2. The molecule has 2 heterocycles. The fourth-order valence-electron chi connectivity index (χ4n) is 2.45. The number of ether oxygens (including phenoxy) is 2. The molecule has 0 fully saturated rings. The maximum absolute atomic E-state index is 9.28. The monoisotopic (exact) mass is 288 g/mol. The van der Waals surface area contributed by atoms with Crippen molar-refractivity contribution < 1.29 is 14.6 Å². The standard InChI is InChI=1S/C16H20N2O3/c1-11(19)3-2-5-17-16-13-10-15-14(20-7-8-21-15)9-12(13)4-6-18-16/h4,6,9-11,19H,2-3,5,7-8H2,1H3,(H,17,18). The van der Waals surface area contributed by atoms with Crippen molar-refractivity contribution in [2.75, 3.05) is 25.1 Å². The van der Waals surface area contributed by atoms with Crippen molar-refractivity contribution in [3.8, 4) is 11.5 Å². The number of hydrogen-bond donors (Lipinski definition) is 2. The highest BCUT2D eigenvalue weighted by atomic mass is 16.6. The summed E-state index contributed by atoms with van der Waals surface area (Å²) in [5.41, 5.74) is 0. The van der Waals surface area contributed by atoms with Crippen LogP contribution in [0.4, 0.5) is 5.82 Å². The molecule has 0 spiro atoms. The average molecular weight is 288 g/mol. The second kappa shape index (κ2) is 6.18. The molecule has 2 aromatic rings. The Bertz CT molecular complexity index is 628. The van der Waals surface area contributed by atoms with E-state index in [4.69, 9.17) is 9.47 Å². The van der Waals surface area contributed by atoms with Crippen LogP contribution in [0, 0.1) is 0 Å². The Hall–Kier alpha value is -2.01. The van der Waals surface area contributed by atoms with Gasteiger partial charge in [0.15, 0.2) is 11.5 Å². The average Bonchev–Trinajstić information content (AvgIpc) is 2.49. The molecule has 1 aromatic heterocycles. The number of anilines is 1. The Kier molecular flexibility index (Phi) is 4.10. The van der Waals surface area contributed by atoms with Crippen LogP contribution >= 0.6 is 0 Å². The SMILES string of the molecule is CC(O)CCCNc1nccc2cc3c(cc12)OCCO3. The Balaban J connectivity index is 1.81. The van der Waals surface area contributed by atoms with Crippen LogP contribution in [-0.2, 0) is 0 Å². The van der Waals surface area contributed by atoms with Gasteiger partial charge in [0, 0.05) is 18.1 Å². The van der Waals surface area contributed by atoms with Crippen LogP contribution < -0.4 is 14.8 Å². The molecule has 1 aromatic carbocycles. The largest absolute Gasteiger partial charge is 0.486 e. The fraction of sp³-hybridized carbons (Fsp3) is 0.438. The number of rotatable bonds is 5. The van der Waals surface area contributed by atoms with Crippen molar-refractivity contribution in [1.82, 2.24) is 4.98 Å². The van der Waals surface area contributed by atoms with Crippen LogP contribution in [-0.4, -0.2) is 36.0 Å². The number of pyridine rings is 1. The van der Waals surface area contributed by atoms with Gasteiger partial charge in [-0.1, -0.05) is 0 Å². The smallest absolute Gasteiger partial charge is 0.162 e. The predicted molar refractivity (Wildman–Crippen MR) is 82.1 cm³/mol. The van der Waals surface area contributed by atoms with Gasteiger partial charge in [0.25, 0.3) is 0 Å². The molecule has 2 N–H and O–H groups in total. The van der Waals surface area contributed by atoms with Gasteiger partial charge in [0.2, 0.25) is 0 Å². The van der Waals surface area contributed by atoms with Gasteiger partial charge in [-0.3, -0.25) is 0 Å². The van der Waals surface area contributed by atoms with E-state index in [1.165, 1.54) is 0 Å². The van der Waals surface area contributed by atoms with Crippen LogP contribution in [0.5, 0.6) is 11.5 Å². The van der Waals surface area contributed by atoms with E-state index in [9.17, 15) is 5.11 Å². The zero-order chi connectivity index (χ0) is 14.7. The van der Waals surface area contributed by atoms with Crippen molar-refractivity contribution in [1.29, 1.82) is 0 Å². The molecule has 5 nitrogen and oxygen atoms in total. The number of nitrogens with one attached hydrogen (secondary N) is 1. The Morgan fingerprint density at radius 1 is 1.29 bits per heavy atom. The van der Waals surface area contributed by atoms with Crippen molar-refractivity contribution in [3.05, 3.63) is 24.4 Å². The number of nitrogens with zero attached hydrogens (tertiary/aromatic N) is 1. The van der Waals surface area contributed by atoms with Gasteiger partial charge in [-0.2, -0.15) is 0 Å². The molecule has 0 radical (unpaired) electrons. The van der Waals surface area contributed by atoms with Crippen LogP contribution in [0.1, 0.15) is 19.8 Å². The molecule has 0 aliphatic carbocycles. The minimum absolute atomic E-state index is 0.259. The number of benzene rings is 1. The summed E-state index contributed by atoms with van der Waals surface area (Å²) in [6.45, 7) is 3.76. The molecule has 5 heteroatoms. The summed E-state index contributed by atoms with van der Waals surface area (Å²) in [7, 11) is 0. The first-order chi connectivity index (χ1) is 10.2. The first-order valence-corrected chi connectivity index (χ1v) is 7.34. The summed E-state index contributed by atoms with van der Waals surface area (Å²) in [5, 5.41) is 14.7. The Labute approximate surface area is 123 Å². The lowest BCUT2D eigenvalue weighted by molar-refractivity contribution is 0.172. The molecular formula is C16H20N2O3. The number of aliphatic hydroxyl groups is 1.